The zero-order chi connectivity index (χ0) is 11.5. The van der Waals surface area contributed by atoms with Crippen molar-refractivity contribution < 1.29 is 0 Å². The summed E-state index contributed by atoms with van der Waals surface area (Å²) in [5, 5.41) is 0.929. The topological polar surface area (TPSA) is 64.9 Å². The van der Waals surface area contributed by atoms with Crippen molar-refractivity contribution in [2.45, 2.75) is 9.92 Å². The molecule has 0 bridgehead atoms. The van der Waals surface area contributed by atoms with Gasteiger partial charge in [-0.15, -0.1) is 0 Å². The summed E-state index contributed by atoms with van der Waals surface area (Å²) in [6, 6.07) is 9.57. The first kappa shape index (κ1) is 11.3. The van der Waals surface area contributed by atoms with Crippen LogP contribution in [0.2, 0.25) is 0 Å². The van der Waals surface area contributed by atoms with Crippen molar-refractivity contribution in [3.05, 3.63) is 41.0 Å². The third kappa shape index (κ3) is 2.48. The molecular formula is C11H10BrN3S. The molecule has 0 atom stereocenters. The lowest BCUT2D eigenvalue weighted by Gasteiger charge is -2.06. The number of aromatic nitrogens is 1. The van der Waals surface area contributed by atoms with Crippen molar-refractivity contribution in [1.82, 2.24) is 4.98 Å². The molecule has 16 heavy (non-hydrogen) atoms. The lowest BCUT2D eigenvalue weighted by Crippen LogP contribution is -1.95. The van der Waals surface area contributed by atoms with E-state index in [0.717, 1.165) is 14.4 Å². The fourth-order valence-corrected chi connectivity index (χ4v) is 2.69. The van der Waals surface area contributed by atoms with Gasteiger partial charge in [0.1, 0.15) is 5.03 Å². The van der Waals surface area contributed by atoms with Crippen molar-refractivity contribution in [3.8, 4) is 0 Å². The van der Waals surface area contributed by atoms with Gasteiger partial charge in [-0.25, -0.2) is 4.98 Å². The number of nitrogens with zero attached hydrogens (tertiary/aromatic N) is 1. The minimum Gasteiger partial charge on any atom is -0.397 e. The number of pyridine rings is 1. The largest absolute Gasteiger partial charge is 0.397 e. The average Bonchev–Trinajstić information content (AvgIpc) is 2.27. The van der Waals surface area contributed by atoms with Crippen LogP contribution in [-0.4, -0.2) is 4.98 Å². The Hall–Kier alpha value is -1.20. The highest BCUT2D eigenvalue weighted by molar-refractivity contribution is 9.10. The van der Waals surface area contributed by atoms with E-state index >= 15 is 0 Å². The fraction of sp³-hybridized carbons (Fsp3) is 0. The standard InChI is InChI=1S/C11H10BrN3S/c12-8-5-7(6-9(13)11(8)14)16-10-3-1-2-4-15-10/h1-6H,13-14H2. The molecular weight excluding hydrogens is 286 g/mol. The summed E-state index contributed by atoms with van der Waals surface area (Å²) < 4.78 is 0.811. The van der Waals surface area contributed by atoms with Gasteiger partial charge in [-0.1, -0.05) is 17.8 Å². The summed E-state index contributed by atoms with van der Waals surface area (Å²) in [4.78, 5) is 5.24. The molecule has 0 unspecified atom stereocenters. The molecule has 0 aliphatic heterocycles. The molecule has 0 aliphatic rings. The second-order valence-electron chi connectivity index (χ2n) is 3.18. The third-order valence-corrected chi connectivity index (χ3v) is 3.57. The molecule has 0 aliphatic carbocycles. The monoisotopic (exact) mass is 295 g/mol. The molecule has 1 aromatic heterocycles. The minimum absolute atomic E-state index is 0.574. The number of nitrogen functional groups attached to an aromatic ring is 2. The van der Waals surface area contributed by atoms with E-state index in [4.69, 9.17) is 11.5 Å². The maximum absolute atomic E-state index is 5.79. The maximum atomic E-state index is 5.79. The molecule has 2 aromatic rings. The van der Waals surface area contributed by atoms with Crippen molar-refractivity contribution in [2.75, 3.05) is 11.5 Å². The summed E-state index contributed by atoms with van der Waals surface area (Å²) in [5.74, 6) is 0. The summed E-state index contributed by atoms with van der Waals surface area (Å²) >= 11 is 4.92. The van der Waals surface area contributed by atoms with E-state index in [1.807, 2.05) is 30.3 Å². The van der Waals surface area contributed by atoms with E-state index in [1.165, 1.54) is 0 Å². The molecule has 82 valence electrons. The Bertz CT molecular complexity index is 479. The Morgan fingerprint density at radius 3 is 2.62 bits per heavy atom. The molecule has 1 heterocycles. The van der Waals surface area contributed by atoms with Crippen LogP contribution in [0.15, 0.2) is 50.9 Å². The zero-order valence-corrected chi connectivity index (χ0v) is 10.8. The van der Waals surface area contributed by atoms with Crippen molar-refractivity contribution in [1.29, 1.82) is 0 Å². The van der Waals surface area contributed by atoms with Crippen molar-refractivity contribution >= 4 is 39.1 Å². The van der Waals surface area contributed by atoms with E-state index in [0.29, 0.717) is 11.4 Å². The Balaban J connectivity index is 2.29. The average molecular weight is 296 g/mol. The summed E-state index contributed by atoms with van der Waals surface area (Å²) in [5.41, 5.74) is 12.7. The Kier molecular flexibility index (Phi) is 3.36. The minimum atomic E-state index is 0.574. The van der Waals surface area contributed by atoms with Crippen LogP contribution in [0.5, 0.6) is 0 Å². The second kappa shape index (κ2) is 4.76. The zero-order valence-electron chi connectivity index (χ0n) is 8.35. The van der Waals surface area contributed by atoms with Gasteiger partial charge in [0.15, 0.2) is 0 Å². The molecule has 5 heteroatoms. The molecule has 0 spiro atoms. The van der Waals surface area contributed by atoms with Crippen LogP contribution in [0, 0.1) is 0 Å². The predicted octanol–water partition coefficient (Wildman–Crippen LogP) is 3.16. The molecule has 0 saturated heterocycles. The van der Waals surface area contributed by atoms with Gasteiger partial charge in [0.05, 0.1) is 11.4 Å². The van der Waals surface area contributed by atoms with Gasteiger partial charge in [0.25, 0.3) is 0 Å². The number of anilines is 2. The predicted molar refractivity (Wildman–Crippen MR) is 71.3 cm³/mol. The van der Waals surface area contributed by atoms with Crippen molar-refractivity contribution in [3.63, 3.8) is 0 Å². The van der Waals surface area contributed by atoms with Gasteiger partial charge in [-0.2, -0.15) is 0 Å². The third-order valence-electron chi connectivity index (χ3n) is 2.00. The van der Waals surface area contributed by atoms with Crippen LogP contribution in [0.4, 0.5) is 11.4 Å². The second-order valence-corrected chi connectivity index (χ2v) is 5.13. The highest BCUT2D eigenvalue weighted by Gasteiger charge is 2.05. The molecule has 4 N–H and O–H groups in total. The van der Waals surface area contributed by atoms with E-state index in [1.54, 1.807) is 18.0 Å². The summed E-state index contributed by atoms with van der Waals surface area (Å²) in [6.45, 7) is 0. The van der Waals surface area contributed by atoms with Gasteiger partial charge in [-0.3, -0.25) is 0 Å². The quantitative estimate of drug-likeness (QED) is 0.835. The summed E-state index contributed by atoms with van der Waals surface area (Å²) in [7, 11) is 0. The lowest BCUT2D eigenvalue weighted by atomic mass is 10.3. The van der Waals surface area contributed by atoms with Crippen molar-refractivity contribution in [2.24, 2.45) is 0 Å². The summed E-state index contributed by atoms with van der Waals surface area (Å²) in [6.07, 6.45) is 1.76. The Labute approximate surface area is 106 Å². The highest BCUT2D eigenvalue weighted by Crippen LogP contribution is 2.34. The van der Waals surface area contributed by atoms with E-state index in [9.17, 15) is 0 Å². The van der Waals surface area contributed by atoms with E-state index < -0.39 is 0 Å². The van der Waals surface area contributed by atoms with Crippen LogP contribution in [0.25, 0.3) is 0 Å². The van der Waals surface area contributed by atoms with Crippen LogP contribution >= 0.6 is 27.7 Å². The number of nitrogens with two attached hydrogens (primary N) is 2. The highest BCUT2D eigenvalue weighted by atomic mass is 79.9. The van der Waals surface area contributed by atoms with Gasteiger partial charge in [-0.05, 0) is 40.2 Å². The van der Waals surface area contributed by atoms with Gasteiger partial charge in [0.2, 0.25) is 0 Å². The number of halogens is 1. The smallest absolute Gasteiger partial charge is 0.101 e. The van der Waals surface area contributed by atoms with E-state index in [2.05, 4.69) is 20.9 Å². The lowest BCUT2D eigenvalue weighted by molar-refractivity contribution is 1.13. The number of hydrogen-bond donors (Lipinski definition) is 2. The van der Waals surface area contributed by atoms with Crippen LogP contribution in [0.1, 0.15) is 0 Å². The molecule has 1 aromatic carbocycles. The Morgan fingerprint density at radius 2 is 2.00 bits per heavy atom. The normalized spacial score (nSPS) is 10.3. The van der Waals surface area contributed by atoms with Crippen LogP contribution < -0.4 is 11.5 Å². The first-order valence-electron chi connectivity index (χ1n) is 4.60. The molecule has 3 nitrogen and oxygen atoms in total. The fourth-order valence-electron chi connectivity index (χ4n) is 1.20. The molecule has 0 saturated carbocycles. The van der Waals surface area contributed by atoms with Crippen LogP contribution in [-0.2, 0) is 0 Å². The number of rotatable bonds is 2. The molecule has 2 rings (SSSR count). The molecule has 0 amide bonds. The Morgan fingerprint density at radius 1 is 1.19 bits per heavy atom. The maximum Gasteiger partial charge on any atom is 0.101 e. The van der Waals surface area contributed by atoms with Gasteiger partial charge >= 0.3 is 0 Å². The van der Waals surface area contributed by atoms with Gasteiger partial charge < -0.3 is 11.5 Å². The van der Waals surface area contributed by atoms with E-state index in [-0.39, 0.29) is 0 Å². The first-order valence-corrected chi connectivity index (χ1v) is 6.21. The molecule has 0 fully saturated rings. The first-order chi connectivity index (χ1) is 7.66. The number of benzene rings is 1. The molecule has 0 radical (unpaired) electrons. The van der Waals surface area contributed by atoms with Crippen LogP contribution in [0.3, 0.4) is 0 Å². The van der Waals surface area contributed by atoms with Gasteiger partial charge in [0, 0.05) is 15.6 Å². The SMILES string of the molecule is Nc1cc(Sc2ccccn2)cc(Br)c1N. The number of hydrogen-bond acceptors (Lipinski definition) is 4.